The minimum absolute atomic E-state index is 0.178. The highest BCUT2D eigenvalue weighted by atomic mass is 35.5. The molecule has 1 aliphatic rings. The van der Waals surface area contributed by atoms with E-state index in [4.69, 9.17) is 17.3 Å². The molecule has 2 N–H and O–H groups in total. The van der Waals surface area contributed by atoms with E-state index in [1.54, 1.807) is 0 Å². The zero-order valence-electron chi connectivity index (χ0n) is 12.1. The van der Waals surface area contributed by atoms with Gasteiger partial charge >= 0.3 is 0 Å². The van der Waals surface area contributed by atoms with Crippen LogP contribution in [0.3, 0.4) is 0 Å². The molecule has 0 radical (unpaired) electrons. The van der Waals surface area contributed by atoms with Crippen molar-refractivity contribution in [3.05, 3.63) is 39.9 Å². The molecule has 2 heterocycles. The number of halogens is 1. The van der Waals surface area contributed by atoms with Gasteiger partial charge in [-0.05, 0) is 37.3 Å². The van der Waals surface area contributed by atoms with Crippen molar-refractivity contribution in [1.29, 1.82) is 0 Å². The second-order valence-electron chi connectivity index (χ2n) is 5.73. The molecule has 0 spiro atoms. The molecule has 0 amide bonds. The van der Waals surface area contributed by atoms with Crippen LogP contribution >= 0.6 is 11.6 Å². The Hall–Kier alpha value is -1.26. The van der Waals surface area contributed by atoms with Gasteiger partial charge in [-0.1, -0.05) is 18.0 Å². The first kappa shape index (κ1) is 13.7. The zero-order chi connectivity index (χ0) is 14.3. The molecular weight excluding hydrogens is 272 g/mol. The molecule has 1 unspecified atom stereocenters. The van der Waals surface area contributed by atoms with Crippen LogP contribution in [0.5, 0.6) is 0 Å². The highest BCUT2D eigenvalue weighted by molar-refractivity contribution is 6.31. The summed E-state index contributed by atoms with van der Waals surface area (Å²) in [7, 11) is 1.94. The topological polar surface area (TPSA) is 48.8 Å². The molecule has 0 bridgehead atoms. The molecule has 1 atom stereocenters. The van der Waals surface area contributed by atoms with E-state index in [-0.39, 0.29) is 6.04 Å². The number of fused-ring (bicyclic) bond motifs is 1. The van der Waals surface area contributed by atoms with Gasteiger partial charge in [0.05, 0.1) is 23.0 Å². The highest BCUT2D eigenvalue weighted by Gasteiger charge is 2.18. The summed E-state index contributed by atoms with van der Waals surface area (Å²) in [6.07, 6.45) is 9.08. The summed E-state index contributed by atoms with van der Waals surface area (Å²) in [5, 5.41) is 5.13. The molecule has 4 nitrogen and oxygen atoms in total. The second-order valence-corrected chi connectivity index (χ2v) is 6.11. The number of nitrogens with two attached hydrogens (primary N) is 1. The predicted octanol–water partition coefficient (Wildman–Crippen LogP) is 2.96. The summed E-state index contributed by atoms with van der Waals surface area (Å²) in [6, 6.07) is 0.178. The Bertz CT molecular complexity index is 626. The summed E-state index contributed by atoms with van der Waals surface area (Å²) in [6.45, 7) is 2.68. The van der Waals surface area contributed by atoms with Crippen LogP contribution < -0.4 is 5.73 Å². The SMILES string of the molecule is Cc1nn(C)c(Cn2cc3c(c2)C(N)CCCC3)c1Cl. The fourth-order valence-corrected chi connectivity index (χ4v) is 3.29. The van der Waals surface area contributed by atoms with E-state index in [0.717, 1.165) is 35.8 Å². The number of aryl methyl sites for hydroxylation is 3. The Morgan fingerprint density at radius 1 is 1.40 bits per heavy atom. The number of hydrogen-bond donors (Lipinski definition) is 1. The fraction of sp³-hybridized carbons (Fsp3) is 0.533. The number of rotatable bonds is 2. The molecule has 3 rings (SSSR count). The van der Waals surface area contributed by atoms with Gasteiger partial charge in [0.2, 0.25) is 0 Å². The molecule has 5 heteroatoms. The Morgan fingerprint density at radius 2 is 2.20 bits per heavy atom. The Balaban J connectivity index is 1.90. The van der Waals surface area contributed by atoms with Crippen LogP contribution in [-0.2, 0) is 20.0 Å². The Morgan fingerprint density at radius 3 is 2.90 bits per heavy atom. The van der Waals surface area contributed by atoms with Crippen molar-refractivity contribution in [3.63, 3.8) is 0 Å². The number of nitrogens with zero attached hydrogens (tertiary/aromatic N) is 3. The van der Waals surface area contributed by atoms with Crippen LogP contribution in [0.4, 0.5) is 0 Å². The van der Waals surface area contributed by atoms with Crippen LogP contribution in [0.15, 0.2) is 12.4 Å². The molecule has 0 aromatic carbocycles. The zero-order valence-corrected chi connectivity index (χ0v) is 12.8. The number of hydrogen-bond acceptors (Lipinski definition) is 2. The largest absolute Gasteiger partial charge is 0.348 e. The smallest absolute Gasteiger partial charge is 0.0865 e. The van der Waals surface area contributed by atoms with E-state index in [0.29, 0.717) is 0 Å². The summed E-state index contributed by atoms with van der Waals surface area (Å²) >= 11 is 6.32. The van der Waals surface area contributed by atoms with Crippen LogP contribution in [0, 0.1) is 6.92 Å². The van der Waals surface area contributed by atoms with Crippen molar-refractivity contribution in [1.82, 2.24) is 14.3 Å². The molecule has 0 aliphatic heterocycles. The van der Waals surface area contributed by atoms with Crippen LogP contribution in [0.1, 0.15) is 47.8 Å². The summed E-state index contributed by atoms with van der Waals surface area (Å²) in [4.78, 5) is 0. The first-order valence-corrected chi connectivity index (χ1v) is 7.56. The predicted molar refractivity (Wildman–Crippen MR) is 81.0 cm³/mol. The summed E-state index contributed by atoms with van der Waals surface area (Å²) < 4.78 is 4.06. The maximum absolute atomic E-state index is 6.32. The third-order valence-electron chi connectivity index (χ3n) is 4.20. The molecule has 2 aromatic rings. The maximum atomic E-state index is 6.32. The Labute approximate surface area is 124 Å². The van der Waals surface area contributed by atoms with Crippen molar-refractivity contribution < 1.29 is 0 Å². The fourth-order valence-electron chi connectivity index (χ4n) is 3.07. The van der Waals surface area contributed by atoms with Gasteiger partial charge in [-0.2, -0.15) is 5.10 Å². The van der Waals surface area contributed by atoms with Gasteiger partial charge in [-0.3, -0.25) is 4.68 Å². The minimum atomic E-state index is 0.178. The van der Waals surface area contributed by atoms with Crippen molar-refractivity contribution >= 4 is 11.6 Å². The molecule has 1 aliphatic carbocycles. The summed E-state index contributed by atoms with van der Waals surface area (Å²) in [5.41, 5.74) is 10.9. The molecule has 20 heavy (non-hydrogen) atoms. The van der Waals surface area contributed by atoms with Gasteiger partial charge in [0.15, 0.2) is 0 Å². The van der Waals surface area contributed by atoms with Gasteiger partial charge in [-0.15, -0.1) is 0 Å². The van der Waals surface area contributed by atoms with E-state index in [1.165, 1.54) is 24.0 Å². The lowest BCUT2D eigenvalue weighted by atomic mass is 10.1. The quantitative estimate of drug-likeness (QED) is 0.865. The molecule has 0 fully saturated rings. The first-order chi connectivity index (χ1) is 9.56. The van der Waals surface area contributed by atoms with Gasteiger partial charge in [0.1, 0.15) is 0 Å². The Kier molecular flexibility index (Phi) is 3.61. The number of aromatic nitrogens is 3. The normalized spacial score (nSPS) is 18.9. The van der Waals surface area contributed by atoms with Crippen molar-refractivity contribution in [2.75, 3.05) is 0 Å². The molecule has 108 valence electrons. The van der Waals surface area contributed by atoms with E-state index in [2.05, 4.69) is 22.1 Å². The standard InChI is InChI=1S/C15H21ClN4/c1-10-15(16)14(19(2)18-10)9-20-7-11-5-3-4-6-13(17)12(11)8-20/h7-8,13H,3-6,9,17H2,1-2H3. The van der Waals surface area contributed by atoms with Crippen LogP contribution in [0.2, 0.25) is 5.02 Å². The monoisotopic (exact) mass is 292 g/mol. The van der Waals surface area contributed by atoms with E-state index in [1.807, 2.05) is 18.7 Å². The maximum Gasteiger partial charge on any atom is 0.0865 e. The molecule has 0 saturated carbocycles. The molecular formula is C15H21ClN4. The molecule has 2 aromatic heterocycles. The van der Waals surface area contributed by atoms with Crippen LogP contribution in [0.25, 0.3) is 0 Å². The average molecular weight is 293 g/mol. The first-order valence-electron chi connectivity index (χ1n) is 7.18. The third-order valence-corrected chi connectivity index (χ3v) is 4.69. The van der Waals surface area contributed by atoms with Crippen molar-refractivity contribution in [2.24, 2.45) is 12.8 Å². The lowest BCUT2D eigenvalue weighted by Gasteiger charge is -2.08. The van der Waals surface area contributed by atoms with Crippen molar-refractivity contribution in [2.45, 2.75) is 45.2 Å². The van der Waals surface area contributed by atoms with Crippen LogP contribution in [-0.4, -0.2) is 14.3 Å². The van der Waals surface area contributed by atoms with E-state index < -0.39 is 0 Å². The minimum Gasteiger partial charge on any atom is -0.348 e. The van der Waals surface area contributed by atoms with E-state index >= 15 is 0 Å². The lowest BCUT2D eigenvalue weighted by Crippen LogP contribution is -2.09. The average Bonchev–Trinajstić information content (AvgIpc) is 2.86. The van der Waals surface area contributed by atoms with Gasteiger partial charge in [-0.25, -0.2) is 0 Å². The lowest BCUT2D eigenvalue weighted by molar-refractivity contribution is 0.607. The summed E-state index contributed by atoms with van der Waals surface area (Å²) in [5.74, 6) is 0. The highest BCUT2D eigenvalue weighted by Crippen LogP contribution is 2.28. The van der Waals surface area contributed by atoms with Crippen molar-refractivity contribution in [3.8, 4) is 0 Å². The van der Waals surface area contributed by atoms with Gasteiger partial charge in [0, 0.05) is 25.5 Å². The van der Waals surface area contributed by atoms with E-state index in [9.17, 15) is 0 Å². The third kappa shape index (κ3) is 2.38. The second kappa shape index (κ2) is 5.26. The van der Waals surface area contributed by atoms with Gasteiger partial charge in [0.25, 0.3) is 0 Å². The molecule has 0 saturated heterocycles. The van der Waals surface area contributed by atoms with Gasteiger partial charge < -0.3 is 10.3 Å².